The number of thiophene rings is 1. The maximum Gasteiger partial charge on any atom is 0.252 e. The van der Waals surface area contributed by atoms with Crippen LogP contribution < -0.4 is 0 Å². The molecular formula is C13H21NO3S2. The smallest absolute Gasteiger partial charge is 0.252 e. The van der Waals surface area contributed by atoms with Gasteiger partial charge in [-0.2, -0.15) is 4.31 Å². The summed E-state index contributed by atoms with van der Waals surface area (Å²) in [5.74, 6) is 0. The van der Waals surface area contributed by atoms with Gasteiger partial charge >= 0.3 is 0 Å². The molecule has 19 heavy (non-hydrogen) atoms. The van der Waals surface area contributed by atoms with Crippen LogP contribution in [0, 0.1) is 12.3 Å². The molecule has 0 aliphatic carbocycles. The van der Waals surface area contributed by atoms with E-state index in [0.29, 0.717) is 17.3 Å². The highest BCUT2D eigenvalue weighted by Gasteiger charge is 2.35. The molecule has 108 valence electrons. The van der Waals surface area contributed by atoms with E-state index in [1.165, 1.54) is 11.3 Å². The summed E-state index contributed by atoms with van der Waals surface area (Å²) < 4.78 is 27.2. The van der Waals surface area contributed by atoms with E-state index in [9.17, 15) is 13.5 Å². The Kier molecular flexibility index (Phi) is 4.07. The van der Waals surface area contributed by atoms with Crippen LogP contribution in [0.15, 0.2) is 10.3 Å². The first kappa shape index (κ1) is 15.0. The molecule has 0 amide bonds. The van der Waals surface area contributed by atoms with Crippen molar-refractivity contribution in [1.82, 2.24) is 4.31 Å². The number of sulfonamides is 1. The van der Waals surface area contributed by atoms with E-state index < -0.39 is 10.0 Å². The number of hydrogen-bond acceptors (Lipinski definition) is 4. The Morgan fingerprint density at radius 2 is 2.16 bits per heavy atom. The van der Waals surface area contributed by atoms with Gasteiger partial charge in [-0.25, -0.2) is 8.42 Å². The van der Waals surface area contributed by atoms with E-state index in [-0.39, 0.29) is 12.0 Å². The molecule has 1 fully saturated rings. The quantitative estimate of drug-likeness (QED) is 0.932. The van der Waals surface area contributed by atoms with Crippen LogP contribution in [0.5, 0.6) is 0 Å². The van der Waals surface area contributed by atoms with Crippen molar-refractivity contribution < 1.29 is 13.5 Å². The van der Waals surface area contributed by atoms with Crippen molar-refractivity contribution in [3.63, 3.8) is 0 Å². The van der Waals surface area contributed by atoms with Gasteiger partial charge in [-0.3, -0.25) is 0 Å². The Hall–Kier alpha value is -0.430. The maximum atomic E-state index is 12.6. The summed E-state index contributed by atoms with van der Waals surface area (Å²) in [7, 11) is -3.40. The van der Waals surface area contributed by atoms with E-state index >= 15 is 0 Å². The van der Waals surface area contributed by atoms with Gasteiger partial charge in [0.2, 0.25) is 0 Å². The number of aryl methyl sites for hydroxylation is 1. The lowest BCUT2D eigenvalue weighted by molar-refractivity contribution is 0.187. The zero-order valence-electron chi connectivity index (χ0n) is 11.6. The minimum absolute atomic E-state index is 0.0391. The maximum absolute atomic E-state index is 12.6. The van der Waals surface area contributed by atoms with Crippen molar-refractivity contribution in [2.45, 2.75) is 44.4 Å². The third kappa shape index (κ3) is 3.02. The second-order valence-corrected chi connectivity index (χ2v) is 9.24. The first-order chi connectivity index (χ1) is 8.76. The van der Waals surface area contributed by atoms with Crippen molar-refractivity contribution in [2.75, 3.05) is 13.1 Å². The third-order valence-electron chi connectivity index (χ3n) is 3.60. The first-order valence-electron chi connectivity index (χ1n) is 6.46. The van der Waals surface area contributed by atoms with Gasteiger partial charge in [-0.15, -0.1) is 11.3 Å². The van der Waals surface area contributed by atoms with Crippen LogP contribution in [-0.4, -0.2) is 30.9 Å². The average Bonchev–Trinajstić information content (AvgIpc) is 2.70. The van der Waals surface area contributed by atoms with Gasteiger partial charge in [-0.1, -0.05) is 13.8 Å². The Morgan fingerprint density at radius 3 is 2.68 bits per heavy atom. The van der Waals surface area contributed by atoms with Crippen LogP contribution in [0.2, 0.25) is 0 Å². The Labute approximate surface area is 119 Å². The van der Waals surface area contributed by atoms with Crippen LogP contribution in [0.3, 0.4) is 0 Å². The summed E-state index contributed by atoms with van der Waals surface area (Å²) in [5, 5.41) is 9.19. The molecule has 0 unspecified atom stereocenters. The first-order valence-corrected chi connectivity index (χ1v) is 8.72. The summed E-state index contributed by atoms with van der Waals surface area (Å²) in [4.78, 5) is 0.731. The molecule has 1 aromatic rings. The number of piperidine rings is 1. The summed E-state index contributed by atoms with van der Waals surface area (Å²) >= 11 is 1.18. The standard InChI is InChI=1S/C13H21NO3S2/c1-10-7-12(18-11(10)8-15)19(16,17)14-6-4-5-13(2,3)9-14/h7,15H,4-6,8-9H2,1-3H3. The fourth-order valence-electron chi connectivity index (χ4n) is 2.47. The monoisotopic (exact) mass is 303 g/mol. The predicted molar refractivity (Wildman–Crippen MR) is 76.8 cm³/mol. The second kappa shape index (κ2) is 5.16. The third-order valence-corrected chi connectivity index (χ3v) is 7.12. The number of aliphatic hydroxyl groups excluding tert-OH is 1. The van der Waals surface area contributed by atoms with Gasteiger partial charge in [0, 0.05) is 18.0 Å². The molecule has 4 nitrogen and oxygen atoms in total. The molecule has 1 saturated heterocycles. The summed E-state index contributed by atoms with van der Waals surface area (Å²) in [5.41, 5.74) is 0.889. The van der Waals surface area contributed by atoms with Crippen molar-refractivity contribution in [3.05, 3.63) is 16.5 Å². The van der Waals surface area contributed by atoms with Crippen LogP contribution in [0.1, 0.15) is 37.1 Å². The largest absolute Gasteiger partial charge is 0.391 e. The van der Waals surface area contributed by atoms with E-state index in [0.717, 1.165) is 23.3 Å². The van der Waals surface area contributed by atoms with E-state index in [4.69, 9.17) is 0 Å². The lowest BCUT2D eigenvalue weighted by Gasteiger charge is -2.36. The lowest BCUT2D eigenvalue weighted by Crippen LogP contribution is -2.43. The summed E-state index contributed by atoms with van der Waals surface area (Å²) in [6, 6.07) is 1.67. The molecule has 0 atom stereocenters. The van der Waals surface area contributed by atoms with Crippen LogP contribution in [0.25, 0.3) is 0 Å². The fraction of sp³-hybridized carbons (Fsp3) is 0.692. The summed E-state index contributed by atoms with van der Waals surface area (Å²) in [6.07, 6.45) is 1.97. The molecule has 1 N–H and O–H groups in total. The lowest BCUT2D eigenvalue weighted by atomic mass is 9.85. The molecule has 0 bridgehead atoms. The Bertz CT molecular complexity index is 560. The van der Waals surface area contributed by atoms with Gasteiger partial charge in [0.25, 0.3) is 10.0 Å². The van der Waals surface area contributed by atoms with E-state index in [1.807, 2.05) is 6.92 Å². The van der Waals surface area contributed by atoms with Gasteiger partial charge in [0.1, 0.15) is 4.21 Å². The normalized spacial score (nSPS) is 20.6. The predicted octanol–water partition coefficient (Wildman–Crippen LogP) is 2.36. The molecule has 1 aliphatic rings. The fourth-order valence-corrected chi connectivity index (χ4v) is 5.75. The van der Waals surface area contributed by atoms with Gasteiger partial charge in [0.15, 0.2) is 0 Å². The van der Waals surface area contributed by atoms with Crippen molar-refractivity contribution in [3.8, 4) is 0 Å². The van der Waals surface area contributed by atoms with Gasteiger partial charge < -0.3 is 5.11 Å². The Balaban J connectivity index is 2.31. The highest BCUT2D eigenvalue weighted by molar-refractivity contribution is 7.91. The minimum Gasteiger partial charge on any atom is -0.391 e. The Morgan fingerprint density at radius 1 is 1.47 bits per heavy atom. The summed E-state index contributed by atoms with van der Waals surface area (Å²) in [6.45, 7) is 7.11. The molecule has 2 rings (SSSR count). The van der Waals surface area contributed by atoms with Crippen LogP contribution in [0.4, 0.5) is 0 Å². The molecule has 6 heteroatoms. The van der Waals surface area contributed by atoms with E-state index in [1.54, 1.807) is 10.4 Å². The zero-order valence-corrected chi connectivity index (χ0v) is 13.3. The number of rotatable bonds is 3. The van der Waals surface area contributed by atoms with Crippen LogP contribution in [-0.2, 0) is 16.6 Å². The molecule has 2 heterocycles. The topological polar surface area (TPSA) is 57.6 Å². The minimum atomic E-state index is -3.40. The molecular weight excluding hydrogens is 282 g/mol. The molecule has 1 aliphatic heterocycles. The molecule has 1 aromatic heterocycles. The number of aliphatic hydroxyl groups is 1. The SMILES string of the molecule is Cc1cc(S(=O)(=O)N2CCCC(C)(C)C2)sc1CO. The van der Waals surface area contributed by atoms with Crippen molar-refractivity contribution >= 4 is 21.4 Å². The van der Waals surface area contributed by atoms with Gasteiger partial charge in [0.05, 0.1) is 6.61 Å². The van der Waals surface area contributed by atoms with Crippen molar-refractivity contribution in [1.29, 1.82) is 0 Å². The number of nitrogens with zero attached hydrogens (tertiary/aromatic N) is 1. The van der Waals surface area contributed by atoms with Crippen LogP contribution >= 0.6 is 11.3 Å². The number of hydrogen-bond donors (Lipinski definition) is 1. The molecule has 0 saturated carbocycles. The highest BCUT2D eigenvalue weighted by atomic mass is 32.2. The molecule has 0 aromatic carbocycles. The second-order valence-electron chi connectivity index (χ2n) is 5.94. The van der Waals surface area contributed by atoms with Gasteiger partial charge in [-0.05, 0) is 36.8 Å². The molecule has 0 spiro atoms. The molecule has 0 radical (unpaired) electrons. The highest BCUT2D eigenvalue weighted by Crippen LogP contribution is 2.34. The average molecular weight is 303 g/mol. The van der Waals surface area contributed by atoms with Crippen molar-refractivity contribution in [2.24, 2.45) is 5.41 Å². The van der Waals surface area contributed by atoms with E-state index in [2.05, 4.69) is 13.8 Å². The zero-order chi connectivity index (χ0) is 14.3.